The van der Waals surface area contributed by atoms with E-state index in [1.165, 1.54) is 54.3 Å². The van der Waals surface area contributed by atoms with E-state index in [2.05, 4.69) is 173 Å². The Balaban J connectivity index is 1.13. The van der Waals surface area contributed by atoms with E-state index in [1.807, 2.05) is 30.6 Å². The Bertz CT molecular complexity index is 3300. The van der Waals surface area contributed by atoms with Crippen molar-refractivity contribution < 1.29 is 4.42 Å². The molecule has 5 heterocycles. The summed E-state index contributed by atoms with van der Waals surface area (Å²) in [5.74, 6) is 0. The number of pyridine rings is 2. The molecule has 0 amide bonds. The minimum absolute atomic E-state index is 0.902. The normalized spacial score (nSPS) is 13.0. The summed E-state index contributed by atoms with van der Waals surface area (Å²) < 4.78 is 11.3. The number of hydrogen-bond donors (Lipinski definition) is 0. The van der Waals surface area contributed by atoms with Gasteiger partial charge >= 0.3 is 0 Å². The van der Waals surface area contributed by atoms with Gasteiger partial charge in [-0.2, -0.15) is 0 Å². The van der Waals surface area contributed by atoms with Crippen LogP contribution in [0.25, 0.3) is 72.1 Å². The van der Waals surface area contributed by atoms with Crippen molar-refractivity contribution in [2.45, 2.75) is 12.8 Å². The number of aromatic nitrogens is 4. The van der Waals surface area contributed by atoms with E-state index in [9.17, 15) is 0 Å². The smallest absolute Gasteiger partial charge is 0.223 e. The number of aryl methyl sites for hydroxylation is 1. The summed E-state index contributed by atoms with van der Waals surface area (Å²) >= 11 is 0. The first-order valence-electron chi connectivity index (χ1n) is 20.0. The van der Waals surface area contributed by atoms with Gasteiger partial charge in [-0.25, -0.2) is 0 Å². The van der Waals surface area contributed by atoms with Crippen molar-refractivity contribution in [2.24, 2.45) is 0 Å². The van der Waals surface area contributed by atoms with Gasteiger partial charge in [-0.15, -0.1) is 0 Å². The molecule has 0 spiro atoms. The van der Waals surface area contributed by atoms with Crippen molar-refractivity contribution in [1.82, 2.24) is 19.1 Å². The minimum atomic E-state index is -3.13. The molecule has 1 aliphatic carbocycles. The van der Waals surface area contributed by atoms with Gasteiger partial charge in [-0.1, -0.05) is 97.1 Å². The predicted octanol–water partition coefficient (Wildman–Crippen LogP) is 9.75. The molecule has 0 aliphatic heterocycles. The maximum atomic E-state index is 6.48. The molecule has 0 saturated heterocycles. The average molecular weight is 761 g/mol. The Hall–Kier alpha value is -7.28. The first-order chi connectivity index (χ1) is 28.8. The molecule has 0 radical (unpaired) electrons. The third-order valence-electron chi connectivity index (χ3n) is 12.2. The van der Waals surface area contributed by atoms with Gasteiger partial charge in [-0.05, 0) is 114 Å². The van der Waals surface area contributed by atoms with Crippen LogP contribution in [0.15, 0.2) is 193 Å². The molecule has 0 atom stereocenters. The Labute approximate surface area is 335 Å². The fraction of sp³-hybridized carbons (Fsp3) is 0.0385. The maximum absolute atomic E-state index is 6.48. The lowest BCUT2D eigenvalue weighted by molar-refractivity contribution is 0.669. The first kappa shape index (κ1) is 32.9. The van der Waals surface area contributed by atoms with E-state index in [-0.39, 0.29) is 0 Å². The highest BCUT2D eigenvalue weighted by Crippen LogP contribution is 2.41. The number of nitrogens with zero attached hydrogens (tertiary/aromatic N) is 4. The number of hydrogen-bond acceptors (Lipinski definition) is 3. The van der Waals surface area contributed by atoms with E-state index in [1.54, 1.807) is 0 Å². The van der Waals surface area contributed by atoms with Gasteiger partial charge in [0, 0.05) is 61.6 Å². The van der Waals surface area contributed by atoms with Crippen molar-refractivity contribution in [1.29, 1.82) is 0 Å². The SMILES string of the molecule is C1=Cc2c(c3ccc4oc5ccccc5c4c3n2-c2cccc([Si](c3ccc(-n4c5ccccc5c5ccccc54)cc3)(c3ccccn3)c3ccccn3)c2)CC1. The molecule has 1 aliphatic rings. The van der Waals surface area contributed by atoms with Crippen LogP contribution in [0.3, 0.4) is 0 Å². The van der Waals surface area contributed by atoms with Crippen molar-refractivity contribution in [3.8, 4) is 11.4 Å². The fourth-order valence-corrected chi connectivity index (χ4v) is 14.2. The number of para-hydroxylation sites is 3. The van der Waals surface area contributed by atoms with E-state index in [0.717, 1.165) is 56.8 Å². The lowest BCUT2D eigenvalue weighted by Crippen LogP contribution is -2.76. The summed E-state index contributed by atoms with van der Waals surface area (Å²) in [6.45, 7) is 0. The lowest BCUT2D eigenvalue weighted by Gasteiger charge is -2.32. The fourth-order valence-electron chi connectivity index (χ4n) is 9.79. The molecule has 0 N–H and O–H groups in total. The standard InChI is InChI=1S/C52H36N4OSi/c1-5-20-44-39(16-1)40-17-2-6-21-45(40)55(44)35-26-28-37(29-27-35)58(49-24-9-11-32-53-49,50-25-10-12-33-54-50)38-15-13-14-36(34-38)56-46-22-7-3-18-41(46)42-30-31-48-51(52(42)56)43-19-4-8-23-47(43)57-48/h1-2,4-17,19-34H,3,18H2. The molecule has 5 nitrogen and oxygen atoms in total. The number of furan rings is 1. The predicted molar refractivity (Wildman–Crippen MR) is 241 cm³/mol. The van der Waals surface area contributed by atoms with Gasteiger partial charge in [0.25, 0.3) is 0 Å². The summed E-state index contributed by atoms with van der Waals surface area (Å²) in [5, 5.41) is 10.6. The topological polar surface area (TPSA) is 48.8 Å². The second kappa shape index (κ2) is 12.9. The van der Waals surface area contributed by atoms with Gasteiger partial charge in [0.05, 0.1) is 21.9 Å². The van der Waals surface area contributed by atoms with E-state index in [0.29, 0.717) is 0 Å². The minimum Gasteiger partial charge on any atom is -0.456 e. The second-order valence-electron chi connectivity index (χ2n) is 15.2. The molecule has 5 aromatic heterocycles. The van der Waals surface area contributed by atoms with Gasteiger partial charge in [0.15, 0.2) is 0 Å². The highest BCUT2D eigenvalue weighted by molar-refractivity contribution is 7.19. The van der Waals surface area contributed by atoms with Crippen LogP contribution in [0.5, 0.6) is 0 Å². The van der Waals surface area contributed by atoms with Crippen LogP contribution in [-0.4, -0.2) is 27.2 Å². The molecule has 58 heavy (non-hydrogen) atoms. The zero-order chi connectivity index (χ0) is 38.2. The highest BCUT2D eigenvalue weighted by Gasteiger charge is 2.45. The summed E-state index contributed by atoms with van der Waals surface area (Å²) in [4.78, 5) is 10.4. The number of allylic oxidation sites excluding steroid dienone is 1. The van der Waals surface area contributed by atoms with E-state index in [4.69, 9.17) is 14.4 Å². The molecule has 0 fully saturated rings. The Morgan fingerprint density at radius 3 is 1.88 bits per heavy atom. The summed E-state index contributed by atoms with van der Waals surface area (Å²) in [7, 11) is -3.13. The first-order valence-corrected chi connectivity index (χ1v) is 22.0. The molecular formula is C52H36N4OSi. The number of benzene rings is 6. The maximum Gasteiger partial charge on any atom is 0.223 e. The molecule has 0 saturated carbocycles. The van der Waals surface area contributed by atoms with Gasteiger partial charge < -0.3 is 13.6 Å². The van der Waals surface area contributed by atoms with Crippen LogP contribution in [0.4, 0.5) is 0 Å². The highest BCUT2D eigenvalue weighted by atomic mass is 28.3. The molecule has 0 unspecified atom stereocenters. The Morgan fingerprint density at radius 1 is 0.500 bits per heavy atom. The van der Waals surface area contributed by atoms with Gasteiger partial charge in [-0.3, -0.25) is 9.97 Å². The monoisotopic (exact) mass is 760 g/mol. The quantitative estimate of drug-likeness (QED) is 0.159. The lowest BCUT2D eigenvalue weighted by atomic mass is 10.00. The van der Waals surface area contributed by atoms with Crippen molar-refractivity contribution >= 4 is 89.8 Å². The average Bonchev–Trinajstić information content (AvgIpc) is 3.96. The molecule has 11 aromatic rings. The molecule has 6 aromatic carbocycles. The summed E-state index contributed by atoms with van der Waals surface area (Å²) in [6, 6.07) is 61.3. The zero-order valence-corrected chi connectivity index (χ0v) is 32.6. The van der Waals surface area contributed by atoms with Crippen LogP contribution in [-0.2, 0) is 6.42 Å². The van der Waals surface area contributed by atoms with Crippen molar-refractivity contribution in [3.63, 3.8) is 0 Å². The van der Waals surface area contributed by atoms with Crippen molar-refractivity contribution in [3.05, 3.63) is 200 Å². The third kappa shape index (κ3) is 4.69. The molecule has 12 rings (SSSR count). The van der Waals surface area contributed by atoms with Crippen LogP contribution >= 0.6 is 0 Å². The molecule has 6 heteroatoms. The largest absolute Gasteiger partial charge is 0.456 e. The van der Waals surface area contributed by atoms with Crippen molar-refractivity contribution in [2.75, 3.05) is 0 Å². The van der Waals surface area contributed by atoms with Crippen LogP contribution in [0.1, 0.15) is 17.7 Å². The van der Waals surface area contributed by atoms with Crippen LogP contribution < -0.4 is 21.0 Å². The van der Waals surface area contributed by atoms with Crippen LogP contribution in [0, 0.1) is 0 Å². The Morgan fingerprint density at radius 2 is 1.17 bits per heavy atom. The number of fused-ring (bicyclic) bond motifs is 10. The van der Waals surface area contributed by atoms with Crippen LogP contribution in [0.2, 0.25) is 0 Å². The Kier molecular flexibility index (Phi) is 7.31. The molecular weight excluding hydrogens is 725 g/mol. The third-order valence-corrected chi connectivity index (χ3v) is 16.7. The zero-order valence-electron chi connectivity index (χ0n) is 31.6. The molecule has 274 valence electrons. The van der Waals surface area contributed by atoms with E-state index < -0.39 is 8.07 Å². The number of rotatable bonds is 6. The summed E-state index contributed by atoms with van der Waals surface area (Å²) in [6.07, 6.45) is 10.5. The summed E-state index contributed by atoms with van der Waals surface area (Å²) in [5.41, 5.74) is 10.2. The van der Waals surface area contributed by atoms with E-state index >= 15 is 0 Å². The van der Waals surface area contributed by atoms with Gasteiger partial charge in [0.1, 0.15) is 11.2 Å². The molecule has 0 bridgehead atoms. The second-order valence-corrected chi connectivity index (χ2v) is 18.9. The van der Waals surface area contributed by atoms with Gasteiger partial charge in [0.2, 0.25) is 8.07 Å².